The van der Waals surface area contributed by atoms with E-state index in [1.165, 1.54) is 16.7 Å². The summed E-state index contributed by atoms with van der Waals surface area (Å²) in [5, 5.41) is 19.3. The van der Waals surface area contributed by atoms with Gasteiger partial charge in [-0.3, -0.25) is 4.79 Å². The summed E-state index contributed by atoms with van der Waals surface area (Å²) in [5.74, 6) is -2.15. The standard InChI is InChI=1S/C14H20N2O4S2/c1-5-15(4)14(21)22-11-6(2)9-8(7(3)17)12(18)16(9)10(11)13(19)20/h6-9,17H,5H2,1-4H3,(H,19,20)/t6-,7-,8-,9-/m1/s1. The molecule has 0 aromatic heterocycles. The molecule has 2 N–H and O–H groups in total. The van der Waals surface area contributed by atoms with Crippen LogP contribution in [0.1, 0.15) is 20.8 Å². The molecule has 2 aliphatic heterocycles. The molecular formula is C14H20N2O4S2. The number of aliphatic hydroxyl groups excluding tert-OH is 1. The van der Waals surface area contributed by atoms with Crippen LogP contribution >= 0.6 is 24.0 Å². The van der Waals surface area contributed by atoms with Crippen LogP contribution in [0.25, 0.3) is 0 Å². The fraction of sp³-hybridized carbons (Fsp3) is 0.643. The molecular weight excluding hydrogens is 324 g/mol. The first-order valence-electron chi connectivity index (χ1n) is 7.13. The van der Waals surface area contributed by atoms with E-state index in [-0.39, 0.29) is 23.6 Å². The Morgan fingerprint density at radius 3 is 2.59 bits per heavy atom. The average Bonchev–Trinajstić information content (AvgIpc) is 2.67. The summed E-state index contributed by atoms with van der Waals surface area (Å²) in [5.41, 5.74) is 0.0104. The van der Waals surface area contributed by atoms with E-state index in [2.05, 4.69) is 0 Å². The maximum atomic E-state index is 12.2. The van der Waals surface area contributed by atoms with E-state index in [1.807, 2.05) is 25.8 Å². The van der Waals surface area contributed by atoms with Gasteiger partial charge in [0.25, 0.3) is 0 Å². The number of β-lactam (4-membered cyclic amide) rings is 1. The summed E-state index contributed by atoms with van der Waals surface area (Å²) >= 11 is 6.55. The number of nitrogens with zero attached hydrogens (tertiary/aromatic N) is 2. The molecule has 8 heteroatoms. The smallest absolute Gasteiger partial charge is 0.353 e. The van der Waals surface area contributed by atoms with Crippen molar-refractivity contribution >= 4 is 40.2 Å². The predicted octanol–water partition coefficient (Wildman–Crippen LogP) is 1.11. The number of hydrogen-bond acceptors (Lipinski definition) is 5. The normalized spacial score (nSPS) is 28.3. The van der Waals surface area contributed by atoms with Crippen LogP contribution in [0.5, 0.6) is 0 Å². The second-order valence-corrected chi connectivity index (χ2v) is 7.33. The molecule has 0 saturated carbocycles. The van der Waals surface area contributed by atoms with Gasteiger partial charge in [0.2, 0.25) is 5.91 Å². The number of thioether (sulfide) groups is 1. The number of hydrogen-bond donors (Lipinski definition) is 2. The number of carbonyl (C=O) groups is 2. The van der Waals surface area contributed by atoms with E-state index in [0.717, 1.165) is 6.54 Å². The predicted molar refractivity (Wildman–Crippen MR) is 88.1 cm³/mol. The molecule has 4 atom stereocenters. The summed E-state index contributed by atoms with van der Waals surface area (Å²) in [7, 11) is 1.84. The van der Waals surface area contributed by atoms with E-state index in [1.54, 1.807) is 6.92 Å². The van der Waals surface area contributed by atoms with Crippen molar-refractivity contribution in [3.63, 3.8) is 0 Å². The van der Waals surface area contributed by atoms with E-state index in [9.17, 15) is 19.8 Å². The Bertz CT molecular complexity index is 561. The summed E-state index contributed by atoms with van der Waals surface area (Å²) in [6, 6.07) is -0.296. The third kappa shape index (κ3) is 2.53. The number of carboxylic acid groups (broad SMARTS) is 1. The zero-order valence-electron chi connectivity index (χ0n) is 12.9. The Hall–Kier alpha value is -1.12. The van der Waals surface area contributed by atoms with Gasteiger partial charge in [0.05, 0.1) is 18.1 Å². The largest absolute Gasteiger partial charge is 0.477 e. The lowest BCUT2D eigenvalue weighted by atomic mass is 9.79. The fourth-order valence-electron chi connectivity index (χ4n) is 2.96. The molecule has 1 saturated heterocycles. The molecule has 2 aliphatic rings. The lowest BCUT2D eigenvalue weighted by Gasteiger charge is -2.46. The van der Waals surface area contributed by atoms with Gasteiger partial charge >= 0.3 is 5.97 Å². The molecule has 1 amide bonds. The van der Waals surface area contributed by atoms with E-state index >= 15 is 0 Å². The van der Waals surface area contributed by atoms with Gasteiger partial charge in [0.1, 0.15) is 10.0 Å². The number of aliphatic carboxylic acids is 1. The van der Waals surface area contributed by atoms with Crippen LogP contribution in [0.2, 0.25) is 0 Å². The van der Waals surface area contributed by atoms with Crippen LogP contribution in [0.4, 0.5) is 0 Å². The first-order chi connectivity index (χ1) is 10.2. The highest BCUT2D eigenvalue weighted by Gasteiger charge is 2.60. The molecule has 0 unspecified atom stereocenters. The Morgan fingerprint density at radius 2 is 2.14 bits per heavy atom. The quantitative estimate of drug-likeness (QED) is 0.584. The molecule has 0 spiro atoms. The number of thiocarbonyl (C=S) groups is 1. The van der Waals surface area contributed by atoms with Crippen molar-refractivity contribution in [2.45, 2.75) is 32.9 Å². The van der Waals surface area contributed by atoms with E-state index in [4.69, 9.17) is 12.2 Å². The maximum absolute atomic E-state index is 12.2. The number of carbonyl (C=O) groups excluding carboxylic acids is 1. The Labute approximate surface area is 139 Å². The Kier molecular flexibility index (Phi) is 4.84. The molecule has 6 nitrogen and oxygen atoms in total. The Balaban J connectivity index is 2.33. The molecule has 0 aliphatic carbocycles. The van der Waals surface area contributed by atoms with Gasteiger partial charge in [-0.2, -0.15) is 0 Å². The minimum atomic E-state index is -1.13. The zero-order valence-corrected chi connectivity index (χ0v) is 14.6. The van der Waals surface area contributed by atoms with Crippen molar-refractivity contribution in [2.24, 2.45) is 11.8 Å². The molecule has 22 heavy (non-hydrogen) atoms. The van der Waals surface area contributed by atoms with Gasteiger partial charge in [0.15, 0.2) is 0 Å². The Morgan fingerprint density at radius 1 is 1.55 bits per heavy atom. The average molecular weight is 344 g/mol. The highest BCUT2D eigenvalue weighted by Crippen LogP contribution is 2.50. The van der Waals surface area contributed by atoms with Crippen molar-refractivity contribution in [2.75, 3.05) is 13.6 Å². The highest BCUT2D eigenvalue weighted by atomic mass is 32.2. The van der Waals surface area contributed by atoms with Crippen LogP contribution < -0.4 is 0 Å². The van der Waals surface area contributed by atoms with Crippen LogP contribution in [-0.4, -0.2) is 61.9 Å². The SMILES string of the molecule is CCN(C)C(=S)SC1=C(C(=O)O)N2C(=O)[C@H]([C@@H](C)O)[C@H]2[C@H]1C. The highest BCUT2D eigenvalue weighted by molar-refractivity contribution is 8.25. The summed E-state index contributed by atoms with van der Waals surface area (Å²) in [6.07, 6.45) is -0.791. The van der Waals surface area contributed by atoms with Crippen molar-refractivity contribution in [1.82, 2.24) is 9.80 Å². The molecule has 0 aromatic carbocycles. The van der Waals surface area contributed by atoms with Gasteiger partial charge in [0, 0.05) is 24.4 Å². The summed E-state index contributed by atoms with van der Waals surface area (Å²) in [6.45, 7) is 6.12. The summed E-state index contributed by atoms with van der Waals surface area (Å²) < 4.78 is 0.576. The van der Waals surface area contributed by atoms with Crippen LogP contribution in [0.15, 0.2) is 10.6 Å². The zero-order chi connectivity index (χ0) is 16.8. The first kappa shape index (κ1) is 17.2. The van der Waals surface area contributed by atoms with Gasteiger partial charge in [-0.25, -0.2) is 4.79 Å². The first-order valence-corrected chi connectivity index (χ1v) is 8.36. The van der Waals surface area contributed by atoms with Gasteiger partial charge in [-0.1, -0.05) is 30.9 Å². The number of aliphatic hydroxyl groups is 1. The molecule has 0 bridgehead atoms. The third-order valence-corrected chi connectivity index (χ3v) is 6.13. The van der Waals surface area contributed by atoms with Gasteiger partial charge < -0.3 is 20.0 Å². The van der Waals surface area contributed by atoms with E-state index in [0.29, 0.717) is 9.23 Å². The fourth-order valence-corrected chi connectivity index (χ4v) is 4.44. The van der Waals surface area contributed by atoms with E-state index < -0.39 is 18.0 Å². The molecule has 1 fully saturated rings. The summed E-state index contributed by atoms with van der Waals surface area (Å²) in [4.78, 5) is 27.5. The second-order valence-electron chi connectivity index (χ2n) is 5.65. The second kappa shape index (κ2) is 6.17. The number of fused-ring (bicyclic) bond motifs is 1. The van der Waals surface area contributed by atoms with Crippen LogP contribution in [0, 0.1) is 11.8 Å². The lowest BCUT2D eigenvalue weighted by Crippen LogP contribution is -2.63. The number of carboxylic acids is 1. The topological polar surface area (TPSA) is 81.1 Å². The number of rotatable bonds is 4. The van der Waals surface area contributed by atoms with Crippen LogP contribution in [0.3, 0.4) is 0 Å². The van der Waals surface area contributed by atoms with Crippen molar-refractivity contribution in [3.8, 4) is 0 Å². The van der Waals surface area contributed by atoms with Crippen LogP contribution in [-0.2, 0) is 9.59 Å². The van der Waals surface area contributed by atoms with Gasteiger partial charge in [-0.15, -0.1) is 0 Å². The molecule has 0 radical (unpaired) electrons. The van der Waals surface area contributed by atoms with Crippen molar-refractivity contribution < 1.29 is 19.8 Å². The van der Waals surface area contributed by atoms with Gasteiger partial charge in [-0.05, 0) is 13.8 Å². The maximum Gasteiger partial charge on any atom is 0.353 e. The molecule has 122 valence electrons. The lowest BCUT2D eigenvalue weighted by molar-refractivity contribution is -0.163. The molecule has 0 aromatic rings. The molecule has 2 heterocycles. The molecule has 2 rings (SSSR count). The third-order valence-electron chi connectivity index (χ3n) is 4.29. The van der Waals surface area contributed by atoms with Crippen molar-refractivity contribution in [3.05, 3.63) is 10.6 Å². The van der Waals surface area contributed by atoms with Crippen molar-refractivity contribution in [1.29, 1.82) is 0 Å². The minimum absolute atomic E-state index is 0.0104. The monoisotopic (exact) mass is 344 g/mol. The number of amides is 1. The minimum Gasteiger partial charge on any atom is -0.477 e.